The fourth-order valence-electron chi connectivity index (χ4n) is 3.36. The van der Waals surface area contributed by atoms with Crippen LogP contribution in [0.25, 0.3) is 5.57 Å². The van der Waals surface area contributed by atoms with Gasteiger partial charge in [-0.2, -0.15) is 0 Å². The third-order valence-electron chi connectivity index (χ3n) is 5.02. The minimum atomic E-state index is -0.448. The van der Waals surface area contributed by atoms with Crippen LogP contribution in [0.2, 0.25) is 0 Å². The number of amides is 2. The number of fused-ring (bicyclic) bond motifs is 1. The number of nitrogens with one attached hydrogen (secondary N) is 1. The first-order chi connectivity index (χ1) is 14.4. The second-order valence-electron chi connectivity index (χ2n) is 7.22. The quantitative estimate of drug-likeness (QED) is 0.405. The van der Waals surface area contributed by atoms with Crippen molar-refractivity contribution in [2.24, 2.45) is 5.73 Å². The molecule has 6 heteroatoms. The Labute approximate surface area is 181 Å². The van der Waals surface area contributed by atoms with E-state index in [4.69, 9.17) is 5.73 Å². The molecule has 4 rings (SSSR count). The Kier molecular flexibility index (Phi) is 5.47. The number of carbonyl (C=O) groups is 2. The predicted molar refractivity (Wildman–Crippen MR) is 119 cm³/mol. The van der Waals surface area contributed by atoms with Gasteiger partial charge in [0.25, 0.3) is 0 Å². The van der Waals surface area contributed by atoms with Gasteiger partial charge in [0.2, 0.25) is 0 Å². The number of aryl methyl sites for hydroxylation is 1. The van der Waals surface area contributed by atoms with Gasteiger partial charge >= 0.3 is 181 Å². The average Bonchev–Trinajstić information content (AvgIpc) is 3.03. The number of primary amides is 1. The van der Waals surface area contributed by atoms with E-state index in [1.54, 1.807) is 18.2 Å². The van der Waals surface area contributed by atoms with Crippen LogP contribution in [0.15, 0.2) is 65.5 Å². The molecule has 30 heavy (non-hydrogen) atoms. The van der Waals surface area contributed by atoms with E-state index in [0.717, 1.165) is 32.3 Å². The van der Waals surface area contributed by atoms with Crippen molar-refractivity contribution in [3.8, 4) is 5.75 Å². The van der Waals surface area contributed by atoms with Crippen LogP contribution >= 0.6 is 0 Å². The molecule has 1 radical (unpaired) electrons. The summed E-state index contributed by atoms with van der Waals surface area (Å²) in [5.74, 6) is -0.279. The first-order valence-electron chi connectivity index (χ1n) is 9.45. The number of phenols is 1. The number of aromatic hydroxyl groups is 1. The molecule has 0 fully saturated rings. The monoisotopic (exact) mass is 459 g/mol. The Morgan fingerprint density at radius 1 is 1.10 bits per heavy atom. The van der Waals surface area contributed by atoms with Crippen molar-refractivity contribution in [1.82, 2.24) is 0 Å². The van der Waals surface area contributed by atoms with Gasteiger partial charge in [-0.25, -0.2) is 0 Å². The van der Waals surface area contributed by atoms with E-state index >= 15 is 0 Å². The standard InChI is InChI=1S/C24H20AsN2O3/c1-14-5-7-18(12-22(14)28)25-13-20-19-11-16(6-8-21(19)27-24(20)30)9-15-3-2-4-17(10-15)23(26)29/h2-8,10-13,28H,9H2,1H3,(H2,26,29)(H,27,30). The number of benzene rings is 3. The fourth-order valence-corrected chi connectivity index (χ4v) is 5.23. The zero-order valence-electron chi connectivity index (χ0n) is 16.3. The van der Waals surface area contributed by atoms with E-state index in [9.17, 15) is 14.7 Å². The molecule has 0 aliphatic carbocycles. The topological polar surface area (TPSA) is 92.4 Å². The molecule has 0 saturated carbocycles. The second kappa shape index (κ2) is 8.21. The van der Waals surface area contributed by atoms with Crippen LogP contribution in [0.5, 0.6) is 5.75 Å². The predicted octanol–water partition coefficient (Wildman–Crippen LogP) is 2.71. The summed E-state index contributed by atoms with van der Waals surface area (Å²) in [5, 5.41) is 12.8. The van der Waals surface area contributed by atoms with Crippen LogP contribution in [-0.2, 0) is 11.2 Å². The van der Waals surface area contributed by atoms with Crippen molar-refractivity contribution in [3.63, 3.8) is 0 Å². The number of nitrogens with two attached hydrogens (primary N) is 1. The number of anilines is 1. The van der Waals surface area contributed by atoms with Crippen molar-refractivity contribution >= 4 is 43.2 Å². The van der Waals surface area contributed by atoms with Crippen LogP contribution in [0, 0.1) is 6.92 Å². The van der Waals surface area contributed by atoms with E-state index in [1.165, 1.54) is 0 Å². The molecule has 0 bridgehead atoms. The summed E-state index contributed by atoms with van der Waals surface area (Å²) < 4.78 is 1.03. The van der Waals surface area contributed by atoms with Crippen LogP contribution in [0.4, 0.5) is 5.69 Å². The van der Waals surface area contributed by atoms with Gasteiger partial charge in [-0.05, 0) is 0 Å². The van der Waals surface area contributed by atoms with Gasteiger partial charge in [0.05, 0.1) is 0 Å². The van der Waals surface area contributed by atoms with Crippen molar-refractivity contribution in [2.45, 2.75) is 13.3 Å². The normalized spacial score (nSPS) is 14.3. The van der Waals surface area contributed by atoms with E-state index in [1.807, 2.05) is 54.3 Å². The number of phenolic OH excluding ortho intramolecular Hbond substituents is 1. The molecule has 1 aliphatic heterocycles. The Balaban J connectivity index is 1.60. The maximum absolute atomic E-state index is 12.5. The fraction of sp³-hybridized carbons (Fsp3) is 0.0833. The van der Waals surface area contributed by atoms with Gasteiger partial charge in [-0.3, -0.25) is 0 Å². The Hall–Kier alpha value is -3.30. The third-order valence-corrected chi connectivity index (χ3v) is 7.04. The van der Waals surface area contributed by atoms with E-state index in [-0.39, 0.29) is 11.7 Å². The second-order valence-corrected chi connectivity index (χ2v) is 9.39. The van der Waals surface area contributed by atoms with Crippen LogP contribution in [0.1, 0.15) is 32.6 Å². The molecule has 0 spiro atoms. The number of hydrogen-bond acceptors (Lipinski definition) is 3. The van der Waals surface area contributed by atoms with Gasteiger partial charge in [0.15, 0.2) is 0 Å². The zero-order chi connectivity index (χ0) is 21.3. The third kappa shape index (κ3) is 4.17. The van der Waals surface area contributed by atoms with Crippen molar-refractivity contribution in [2.75, 3.05) is 5.32 Å². The first-order valence-corrected chi connectivity index (χ1v) is 11.5. The van der Waals surface area contributed by atoms with E-state index in [2.05, 4.69) is 5.32 Å². The molecule has 5 nitrogen and oxygen atoms in total. The Morgan fingerprint density at radius 3 is 2.67 bits per heavy atom. The molecule has 1 aliphatic rings. The molecule has 0 saturated heterocycles. The molecular formula is C24H20AsN2O3. The van der Waals surface area contributed by atoms with Gasteiger partial charge in [-0.15, -0.1) is 0 Å². The molecule has 3 aromatic rings. The molecule has 0 aromatic heterocycles. The van der Waals surface area contributed by atoms with E-state index < -0.39 is 21.7 Å². The summed E-state index contributed by atoms with van der Waals surface area (Å²) in [7, 11) is 0. The van der Waals surface area contributed by atoms with Crippen LogP contribution in [0.3, 0.4) is 0 Å². The first kappa shape index (κ1) is 20.0. The summed E-state index contributed by atoms with van der Waals surface area (Å²) in [6.07, 6.45) is 0.634. The SMILES string of the molecule is Cc1ccc([As]C=C2C(=O)Nc3ccc(Cc4cccc(C(N)=O)c4)cc32)cc1O. The number of carbonyl (C=O) groups excluding carboxylic acids is 2. The summed E-state index contributed by atoms with van der Waals surface area (Å²) in [4.78, 5) is 25.9. The van der Waals surface area contributed by atoms with Gasteiger partial charge in [0, 0.05) is 0 Å². The Morgan fingerprint density at radius 2 is 1.90 bits per heavy atom. The Bertz CT molecular complexity index is 1200. The molecule has 0 unspecified atom stereocenters. The molecule has 2 amide bonds. The molecule has 4 N–H and O–H groups in total. The van der Waals surface area contributed by atoms with Crippen LogP contribution < -0.4 is 15.4 Å². The summed E-state index contributed by atoms with van der Waals surface area (Å²) in [6.45, 7) is 1.86. The molecule has 149 valence electrons. The van der Waals surface area contributed by atoms with Crippen LogP contribution in [-0.4, -0.2) is 32.7 Å². The molecular weight excluding hydrogens is 439 g/mol. The van der Waals surface area contributed by atoms with E-state index in [0.29, 0.717) is 17.6 Å². The summed E-state index contributed by atoms with van der Waals surface area (Å²) in [6, 6.07) is 18.8. The number of rotatable bonds is 5. The van der Waals surface area contributed by atoms with Gasteiger partial charge in [-0.1, -0.05) is 0 Å². The molecule has 1 heterocycles. The molecule has 0 atom stereocenters. The number of hydrogen-bond donors (Lipinski definition) is 3. The minimum absolute atomic E-state index is 0.107. The summed E-state index contributed by atoms with van der Waals surface area (Å²) >= 11 is -0.409. The van der Waals surface area contributed by atoms with Gasteiger partial charge in [0.1, 0.15) is 0 Å². The van der Waals surface area contributed by atoms with Gasteiger partial charge < -0.3 is 0 Å². The summed E-state index contributed by atoms with van der Waals surface area (Å²) in [5.41, 5.74) is 11.1. The molecule has 3 aromatic carbocycles. The maximum atomic E-state index is 12.5. The van der Waals surface area contributed by atoms with Crippen molar-refractivity contribution < 1.29 is 14.7 Å². The average molecular weight is 459 g/mol. The van der Waals surface area contributed by atoms with Crippen molar-refractivity contribution in [1.29, 1.82) is 0 Å². The van der Waals surface area contributed by atoms with Crippen molar-refractivity contribution in [3.05, 3.63) is 93.3 Å². The zero-order valence-corrected chi connectivity index (χ0v) is 18.2.